The van der Waals surface area contributed by atoms with Crippen LogP contribution < -0.4 is 14.8 Å². The SMILES string of the molecule is Clc1cc(Nc2ncnc3cc(O[C@H]4CCOC4)ccc23)ccc1OCc1ccccn1. The summed E-state index contributed by atoms with van der Waals surface area (Å²) in [5, 5.41) is 4.70. The van der Waals surface area contributed by atoms with Crippen molar-refractivity contribution >= 4 is 34.0 Å². The molecule has 162 valence electrons. The number of hydrogen-bond donors (Lipinski definition) is 1. The number of ether oxygens (including phenoxy) is 3. The summed E-state index contributed by atoms with van der Waals surface area (Å²) in [6, 6.07) is 17.0. The number of benzene rings is 2. The molecule has 0 radical (unpaired) electrons. The molecule has 1 aliphatic rings. The third-order valence-corrected chi connectivity index (χ3v) is 5.39. The van der Waals surface area contributed by atoms with E-state index in [1.165, 1.54) is 6.33 Å². The number of aromatic nitrogens is 3. The molecule has 1 aliphatic heterocycles. The molecule has 8 heteroatoms. The van der Waals surface area contributed by atoms with Crippen LogP contribution in [0.5, 0.6) is 11.5 Å². The van der Waals surface area contributed by atoms with Crippen LogP contribution in [-0.2, 0) is 11.3 Å². The average Bonchev–Trinajstić information content (AvgIpc) is 3.32. The summed E-state index contributed by atoms with van der Waals surface area (Å²) in [6.07, 6.45) is 4.25. The number of pyridine rings is 1. The monoisotopic (exact) mass is 448 g/mol. The molecule has 32 heavy (non-hydrogen) atoms. The van der Waals surface area contributed by atoms with Crippen LogP contribution in [0.1, 0.15) is 12.1 Å². The maximum atomic E-state index is 6.44. The van der Waals surface area contributed by atoms with Crippen molar-refractivity contribution in [3.63, 3.8) is 0 Å². The Hall–Kier alpha value is -3.42. The zero-order valence-corrected chi connectivity index (χ0v) is 18.0. The minimum absolute atomic E-state index is 0.0902. The van der Waals surface area contributed by atoms with Gasteiger partial charge < -0.3 is 19.5 Å². The first-order chi connectivity index (χ1) is 15.7. The van der Waals surface area contributed by atoms with E-state index < -0.39 is 0 Å². The number of rotatable bonds is 7. The maximum absolute atomic E-state index is 6.44. The van der Waals surface area contributed by atoms with Gasteiger partial charge in [-0.25, -0.2) is 9.97 Å². The van der Waals surface area contributed by atoms with Crippen LogP contribution in [0.4, 0.5) is 11.5 Å². The summed E-state index contributed by atoms with van der Waals surface area (Å²) < 4.78 is 17.2. The zero-order valence-electron chi connectivity index (χ0n) is 17.2. The third kappa shape index (κ3) is 4.74. The summed E-state index contributed by atoms with van der Waals surface area (Å²) in [7, 11) is 0. The first kappa shape index (κ1) is 20.5. The van der Waals surface area contributed by atoms with Crippen LogP contribution in [0.2, 0.25) is 5.02 Å². The van der Waals surface area contributed by atoms with Gasteiger partial charge in [0.1, 0.15) is 36.4 Å². The molecule has 4 aromatic rings. The van der Waals surface area contributed by atoms with E-state index in [0.717, 1.165) is 41.1 Å². The Morgan fingerprint density at radius 3 is 2.84 bits per heavy atom. The quantitative estimate of drug-likeness (QED) is 0.418. The van der Waals surface area contributed by atoms with Gasteiger partial charge in [0.25, 0.3) is 0 Å². The summed E-state index contributed by atoms with van der Waals surface area (Å²) in [6.45, 7) is 1.71. The summed E-state index contributed by atoms with van der Waals surface area (Å²) in [5.74, 6) is 2.05. The molecule has 0 bridgehead atoms. The lowest BCUT2D eigenvalue weighted by atomic mass is 10.2. The number of halogens is 1. The Bertz CT molecular complexity index is 1220. The molecule has 2 aromatic heterocycles. The van der Waals surface area contributed by atoms with Crippen molar-refractivity contribution in [3.8, 4) is 11.5 Å². The van der Waals surface area contributed by atoms with Gasteiger partial charge in [-0.2, -0.15) is 0 Å². The number of nitrogens with zero attached hydrogens (tertiary/aromatic N) is 3. The number of fused-ring (bicyclic) bond motifs is 1. The minimum atomic E-state index is 0.0902. The fourth-order valence-corrected chi connectivity index (χ4v) is 3.71. The van der Waals surface area contributed by atoms with E-state index in [1.54, 1.807) is 12.3 Å². The molecule has 3 heterocycles. The molecule has 5 rings (SSSR count). The summed E-state index contributed by atoms with van der Waals surface area (Å²) >= 11 is 6.44. The average molecular weight is 449 g/mol. The smallest absolute Gasteiger partial charge is 0.141 e. The van der Waals surface area contributed by atoms with Gasteiger partial charge in [0.15, 0.2) is 0 Å². The van der Waals surface area contributed by atoms with Crippen LogP contribution in [-0.4, -0.2) is 34.3 Å². The highest BCUT2D eigenvalue weighted by molar-refractivity contribution is 6.32. The molecule has 7 nitrogen and oxygen atoms in total. The van der Waals surface area contributed by atoms with Crippen molar-refractivity contribution in [2.45, 2.75) is 19.1 Å². The van der Waals surface area contributed by atoms with Crippen LogP contribution in [0.25, 0.3) is 10.9 Å². The van der Waals surface area contributed by atoms with Crippen molar-refractivity contribution in [1.29, 1.82) is 0 Å². The standard InChI is InChI=1S/C24H21ClN4O3/c25-21-11-16(4-7-23(21)31-13-17-3-1-2-9-26-17)29-24-20-6-5-18(12-22(20)27-15-28-24)32-19-8-10-30-14-19/h1-7,9,11-12,15,19H,8,10,13-14H2,(H,27,28,29)/t19-/m0/s1. The predicted octanol–water partition coefficient (Wildman–Crippen LogP) is 5.17. The Kier molecular flexibility index (Phi) is 6.00. The maximum Gasteiger partial charge on any atom is 0.141 e. The van der Waals surface area contributed by atoms with Crippen molar-refractivity contribution in [2.75, 3.05) is 18.5 Å². The first-order valence-corrected chi connectivity index (χ1v) is 10.7. The van der Waals surface area contributed by atoms with Gasteiger partial charge in [-0.15, -0.1) is 0 Å². The van der Waals surface area contributed by atoms with Gasteiger partial charge in [0.2, 0.25) is 0 Å². The Balaban J connectivity index is 1.30. The van der Waals surface area contributed by atoms with Crippen molar-refractivity contribution in [2.24, 2.45) is 0 Å². The molecular weight excluding hydrogens is 428 g/mol. The Morgan fingerprint density at radius 1 is 1.06 bits per heavy atom. The van der Waals surface area contributed by atoms with Crippen LogP contribution in [0.3, 0.4) is 0 Å². The van der Waals surface area contributed by atoms with E-state index in [4.69, 9.17) is 25.8 Å². The molecule has 0 unspecified atom stereocenters. The van der Waals surface area contributed by atoms with Crippen LogP contribution in [0.15, 0.2) is 67.1 Å². The molecule has 0 saturated carbocycles. The van der Waals surface area contributed by atoms with E-state index in [9.17, 15) is 0 Å². The topological polar surface area (TPSA) is 78.4 Å². The van der Waals surface area contributed by atoms with Gasteiger partial charge in [-0.05, 0) is 42.5 Å². The molecule has 1 atom stereocenters. The van der Waals surface area contributed by atoms with E-state index in [2.05, 4.69) is 20.3 Å². The largest absolute Gasteiger partial charge is 0.488 e. The van der Waals surface area contributed by atoms with Gasteiger partial charge in [0, 0.05) is 29.8 Å². The zero-order chi connectivity index (χ0) is 21.8. The van der Waals surface area contributed by atoms with Gasteiger partial charge in [0.05, 0.1) is 29.4 Å². The highest BCUT2D eigenvalue weighted by Gasteiger charge is 2.17. The van der Waals surface area contributed by atoms with Crippen molar-refractivity contribution in [1.82, 2.24) is 15.0 Å². The molecule has 1 saturated heterocycles. The van der Waals surface area contributed by atoms with E-state index in [1.807, 2.05) is 48.5 Å². The molecule has 0 amide bonds. The number of nitrogens with one attached hydrogen (secondary N) is 1. The highest BCUT2D eigenvalue weighted by atomic mass is 35.5. The van der Waals surface area contributed by atoms with E-state index in [0.29, 0.717) is 29.8 Å². The number of hydrogen-bond acceptors (Lipinski definition) is 7. The lowest BCUT2D eigenvalue weighted by Gasteiger charge is -2.14. The van der Waals surface area contributed by atoms with E-state index >= 15 is 0 Å². The second kappa shape index (κ2) is 9.38. The van der Waals surface area contributed by atoms with Gasteiger partial charge >= 0.3 is 0 Å². The van der Waals surface area contributed by atoms with Gasteiger partial charge in [-0.3, -0.25) is 4.98 Å². The summed E-state index contributed by atoms with van der Waals surface area (Å²) in [4.78, 5) is 13.0. The second-order valence-corrected chi connectivity index (χ2v) is 7.79. The molecular formula is C24H21ClN4O3. The van der Waals surface area contributed by atoms with Crippen LogP contribution >= 0.6 is 11.6 Å². The normalized spacial score (nSPS) is 15.6. The highest BCUT2D eigenvalue weighted by Crippen LogP contribution is 2.31. The number of anilines is 2. The van der Waals surface area contributed by atoms with E-state index in [-0.39, 0.29) is 6.10 Å². The fourth-order valence-electron chi connectivity index (χ4n) is 3.48. The summed E-state index contributed by atoms with van der Waals surface area (Å²) in [5.41, 5.74) is 2.42. The molecule has 0 spiro atoms. The minimum Gasteiger partial charge on any atom is -0.488 e. The lowest BCUT2D eigenvalue weighted by Crippen LogP contribution is -2.15. The van der Waals surface area contributed by atoms with Crippen molar-refractivity contribution in [3.05, 3.63) is 77.8 Å². The molecule has 1 fully saturated rings. The molecule has 0 aliphatic carbocycles. The van der Waals surface area contributed by atoms with Crippen molar-refractivity contribution < 1.29 is 14.2 Å². The molecule has 1 N–H and O–H groups in total. The second-order valence-electron chi connectivity index (χ2n) is 7.38. The lowest BCUT2D eigenvalue weighted by molar-refractivity contribution is 0.141. The fraction of sp³-hybridized carbons (Fsp3) is 0.208. The molecule has 2 aromatic carbocycles. The Labute approximate surface area is 190 Å². The first-order valence-electron chi connectivity index (χ1n) is 10.3. The Morgan fingerprint density at radius 2 is 2.03 bits per heavy atom. The van der Waals surface area contributed by atoms with Crippen LogP contribution in [0, 0.1) is 0 Å². The third-order valence-electron chi connectivity index (χ3n) is 5.09. The predicted molar refractivity (Wildman–Crippen MR) is 123 cm³/mol. The van der Waals surface area contributed by atoms with Gasteiger partial charge in [-0.1, -0.05) is 17.7 Å².